The van der Waals surface area contributed by atoms with Crippen LogP contribution >= 0.6 is 11.3 Å². The summed E-state index contributed by atoms with van der Waals surface area (Å²) in [5, 5.41) is 12.7. The molecule has 108 valence electrons. The molecule has 1 aromatic carbocycles. The number of nitrogens with zero attached hydrogens (tertiary/aromatic N) is 2. The van der Waals surface area contributed by atoms with E-state index in [-0.39, 0.29) is 6.04 Å². The van der Waals surface area contributed by atoms with Crippen molar-refractivity contribution in [1.29, 1.82) is 0 Å². The normalized spacial score (nSPS) is 13.4. The van der Waals surface area contributed by atoms with E-state index in [1.165, 1.54) is 23.5 Å². The summed E-state index contributed by atoms with van der Waals surface area (Å²) in [7, 11) is 1.84. The Bertz CT molecular complexity index is 559. The Hall–Kier alpha value is -1.47. The topological polar surface area (TPSA) is 37.8 Å². The molecule has 0 aliphatic carbocycles. The highest BCUT2D eigenvalue weighted by atomic mass is 32.1. The van der Waals surface area contributed by atoms with Crippen LogP contribution < -0.4 is 5.32 Å². The monoisotopic (exact) mass is 301 g/mol. The third-order valence-corrected chi connectivity index (χ3v) is 4.04. The van der Waals surface area contributed by atoms with Crippen LogP contribution in [0.15, 0.2) is 24.3 Å². The summed E-state index contributed by atoms with van der Waals surface area (Å²) in [6.45, 7) is 2.03. The second kappa shape index (κ2) is 5.88. The van der Waals surface area contributed by atoms with Gasteiger partial charge in [-0.15, -0.1) is 10.2 Å². The highest BCUT2D eigenvalue weighted by Gasteiger charge is 2.30. The number of halogens is 3. The molecule has 0 bridgehead atoms. The molecule has 3 nitrogen and oxygen atoms in total. The summed E-state index contributed by atoms with van der Waals surface area (Å²) in [5.41, 5.74) is -0.0136. The molecule has 1 atom stereocenters. The number of rotatable bonds is 4. The van der Waals surface area contributed by atoms with E-state index in [0.717, 1.165) is 23.6 Å². The van der Waals surface area contributed by atoms with Gasteiger partial charge in [-0.05, 0) is 25.6 Å². The molecule has 2 rings (SSSR count). The Morgan fingerprint density at radius 1 is 1.20 bits per heavy atom. The summed E-state index contributed by atoms with van der Waals surface area (Å²) < 4.78 is 37.5. The summed E-state index contributed by atoms with van der Waals surface area (Å²) in [6, 6.07) is 5.09. The first-order valence-corrected chi connectivity index (χ1v) is 6.95. The third-order valence-electron chi connectivity index (χ3n) is 2.95. The number of nitrogens with one attached hydrogen (secondary N) is 1. The van der Waals surface area contributed by atoms with Gasteiger partial charge in [0.25, 0.3) is 0 Å². The fourth-order valence-electron chi connectivity index (χ4n) is 1.80. The van der Waals surface area contributed by atoms with Gasteiger partial charge < -0.3 is 5.32 Å². The average molecular weight is 301 g/mol. The van der Waals surface area contributed by atoms with Crippen LogP contribution in [0.25, 0.3) is 10.6 Å². The van der Waals surface area contributed by atoms with E-state index >= 15 is 0 Å². The highest BCUT2D eigenvalue weighted by molar-refractivity contribution is 7.14. The minimum Gasteiger partial charge on any atom is -0.311 e. The number of benzene rings is 1. The van der Waals surface area contributed by atoms with Crippen molar-refractivity contribution in [3.05, 3.63) is 34.8 Å². The van der Waals surface area contributed by atoms with E-state index in [9.17, 15) is 13.2 Å². The standard InChI is InChI=1S/C13H14F3N3S/c1-3-10(17-2)12-19-18-11(20-12)8-4-6-9(7-5-8)13(14,15)16/h4-7,10,17H,3H2,1-2H3. The first kappa shape index (κ1) is 14.9. The van der Waals surface area contributed by atoms with Crippen molar-refractivity contribution in [3.8, 4) is 10.6 Å². The van der Waals surface area contributed by atoms with Crippen LogP contribution in [0.4, 0.5) is 13.2 Å². The molecule has 1 N–H and O–H groups in total. The molecule has 0 amide bonds. The molecule has 2 aromatic rings. The number of hydrogen-bond donors (Lipinski definition) is 1. The Morgan fingerprint density at radius 3 is 2.35 bits per heavy atom. The average Bonchev–Trinajstić information content (AvgIpc) is 2.89. The SMILES string of the molecule is CCC(NC)c1nnc(-c2ccc(C(F)(F)F)cc2)s1. The smallest absolute Gasteiger partial charge is 0.311 e. The van der Waals surface area contributed by atoms with Crippen LogP contribution in [-0.4, -0.2) is 17.2 Å². The van der Waals surface area contributed by atoms with Crippen molar-refractivity contribution in [2.24, 2.45) is 0 Å². The fraction of sp³-hybridized carbons (Fsp3) is 0.385. The molecule has 0 radical (unpaired) electrons. The van der Waals surface area contributed by atoms with Crippen LogP contribution in [0.1, 0.15) is 30.0 Å². The minimum absolute atomic E-state index is 0.121. The molecule has 0 aliphatic heterocycles. The van der Waals surface area contributed by atoms with E-state index in [0.29, 0.717) is 10.6 Å². The summed E-state index contributed by atoms with van der Waals surface area (Å²) >= 11 is 1.39. The lowest BCUT2D eigenvalue weighted by Gasteiger charge is -2.08. The molecule has 1 aromatic heterocycles. The molecular weight excluding hydrogens is 287 g/mol. The van der Waals surface area contributed by atoms with Crippen LogP contribution in [0.3, 0.4) is 0 Å². The fourth-order valence-corrected chi connectivity index (χ4v) is 2.84. The zero-order valence-electron chi connectivity index (χ0n) is 11.0. The van der Waals surface area contributed by atoms with Crippen molar-refractivity contribution < 1.29 is 13.2 Å². The Labute approximate surface area is 118 Å². The van der Waals surface area contributed by atoms with Crippen molar-refractivity contribution in [3.63, 3.8) is 0 Å². The van der Waals surface area contributed by atoms with Crippen LogP contribution in [0.5, 0.6) is 0 Å². The largest absolute Gasteiger partial charge is 0.416 e. The summed E-state index contributed by atoms with van der Waals surface area (Å²) in [6.07, 6.45) is -3.44. The first-order valence-electron chi connectivity index (χ1n) is 6.14. The number of alkyl halides is 3. The quantitative estimate of drug-likeness (QED) is 0.931. The van der Waals surface area contributed by atoms with Gasteiger partial charge in [-0.2, -0.15) is 13.2 Å². The minimum atomic E-state index is -4.32. The molecule has 0 saturated carbocycles. The Balaban J connectivity index is 2.24. The van der Waals surface area contributed by atoms with Gasteiger partial charge in [-0.1, -0.05) is 30.4 Å². The van der Waals surface area contributed by atoms with Gasteiger partial charge in [0.15, 0.2) is 0 Å². The molecule has 0 aliphatic rings. The van der Waals surface area contributed by atoms with Crippen molar-refractivity contribution in [2.75, 3.05) is 7.05 Å². The van der Waals surface area contributed by atoms with Crippen LogP contribution in [-0.2, 0) is 6.18 Å². The number of hydrogen-bond acceptors (Lipinski definition) is 4. The molecular formula is C13H14F3N3S. The highest BCUT2D eigenvalue weighted by Crippen LogP contribution is 2.32. The van der Waals surface area contributed by atoms with Gasteiger partial charge in [-0.25, -0.2) is 0 Å². The molecule has 0 spiro atoms. The molecule has 1 heterocycles. The van der Waals surface area contributed by atoms with Gasteiger partial charge in [0.1, 0.15) is 10.0 Å². The van der Waals surface area contributed by atoms with Crippen molar-refractivity contribution in [1.82, 2.24) is 15.5 Å². The first-order chi connectivity index (χ1) is 9.45. The zero-order chi connectivity index (χ0) is 14.8. The molecule has 0 fully saturated rings. The van der Waals surface area contributed by atoms with Gasteiger partial charge in [0, 0.05) is 5.56 Å². The zero-order valence-corrected chi connectivity index (χ0v) is 11.8. The summed E-state index contributed by atoms with van der Waals surface area (Å²) in [4.78, 5) is 0. The van der Waals surface area contributed by atoms with Gasteiger partial charge in [0.2, 0.25) is 0 Å². The predicted octanol–water partition coefficient (Wildman–Crippen LogP) is 3.89. The predicted molar refractivity (Wildman–Crippen MR) is 72.4 cm³/mol. The van der Waals surface area contributed by atoms with Gasteiger partial charge >= 0.3 is 6.18 Å². The molecule has 0 saturated heterocycles. The van der Waals surface area contributed by atoms with E-state index in [1.54, 1.807) is 0 Å². The lowest BCUT2D eigenvalue weighted by Crippen LogP contribution is -2.14. The van der Waals surface area contributed by atoms with E-state index in [2.05, 4.69) is 15.5 Å². The van der Waals surface area contributed by atoms with Crippen LogP contribution in [0, 0.1) is 0 Å². The van der Waals surface area contributed by atoms with E-state index < -0.39 is 11.7 Å². The third kappa shape index (κ3) is 3.16. The number of aromatic nitrogens is 2. The maximum atomic E-state index is 12.5. The lowest BCUT2D eigenvalue weighted by molar-refractivity contribution is -0.137. The maximum absolute atomic E-state index is 12.5. The second-order valence-corrected chi connectivity index (χ2v) is 5.28. The summed E-state index contributed by atoms with van der Waals surface area (Å²) in [5.74, 6) is 0. The van der Waals surface area contributed by atoms with Crippen LogP contribution in [0.2, 0.25) is 0 Å². The molecule has 7 heteroatoms. The van der Waals surface area contributed by atoms with Crippen molar-refractivity contribution >= 4 is 11.3 Å². The van der Waals surface area contributed by atoms with E-state index in [1.807, 2.05) is 14.0 Å². The second-order valence-electron chi connectivity index (χ2n) is 4.27. The van der Waals surface area contributed by atoms with Gasteiger partial charge in [-0.3, -0.25) is 0 Å². The van der Waals surface area contributed by atoms with E-state index in [4.69, 9.17) is 0 Å². The van der Waals surface area contributed by atoms with Crippen molar-refractivity contribution in [2.45, 2.75) is 25.6 Å². The maximum Gasteiger partial charge on any atom is 0.416 e. The lowest BCUT2D eigenvalue weighted by atomic mass is 10.1. The Morgan fingerprint density at radius 2 is 1.85 bits per heavy atom. The molecule has 1 unspecified atom stereocenters. The Kier molecular flexibility index (Phi) is 4.39. The van der Waals surface area contributed by atoms with Gasteiger partial charge in [0.05, 0.1) is 11.6 Å². The molecule has 20 heavy (non-hydrogen) atoms.